The highest BCUT2D eigenvalue weighted by Gasteiger charge is 2.05. The van der Waals surface area contributed by atoms with Gasteiger partial charge in [-0.3, -0.25) is 10.4 Å². The molecule has 0 aliphatic carbocycles. The van der Waals surface area contributed by atoms with Gasteiger partial charge in [0, 0.05) is 26.1 Å². The van der Waals surface area contributed by atoms with Crippen LogP contribution in [0.5, 0.6) is 0 Å². The summed E-state index contributed by atoms with van der Waals surface area (Å²) in [7, 11) is 0. The van der Waals surface area contributed by atoms with Crippen LogP contribution in [0.25, 0.3) is 5.59 Å². The molecular formula is C8H19N3O4. The number of hydrogen-bond donors (Lipinski definition) is 3. The summed E-state index contributed by atoms with van der Waals surface area (Å²) >= 11 is 0. The van der Waals surface area contributed by atoms with Crippen LogP contribution in [-0.2, 0) is 9.63 Å². The van der Waals surface area contributed by atoms with E-state index in [0.29, 0.717) is 19.5 Å². The van der Waals surface area contributed by atoms with E-state index in [1.165, 1.54) is 0 Å². The van der Waals surface area contributed by atoms with E-state index in [9.17, 15) is 10.0 Å². The second-order valence-corrected chi connectivity index (χ2v) is 2.89. The number of nitrogens with zero attached hydrogens (tertiary/aromatic N) is 2. The molecule has 0 aromatic heterocycles. The van der Waals surface area contributed by atoms with Gasteiger partial charge in [-0.25, -0.2) is 5.21 Å². The number of nitrogens with one attached hydrogen (secondary N) is 1. The number of carboxylic acid groups (broad SMARTS) is 1. The van der Waals surface area contributed by atoms with Crippen molar-refractivity contribution in [2.75, 3.05) is 19.7 Å². The third-order valence-corrected chi connectivity index (χ3v) is 1.82. The summed E-state index contributed by atoms with van der Waals surface area (Å²) in [5.74, 6) is -0.865. The fraction of sp³-hybridized carbons (Fsp3) is 0.875. The first-order chi connectivity index (χ1) is 7.11. The zero-order valence-electron chi connectivity index (χ0n) is 9.14. The average molecular weight is 221 g/mol. The molecule has 7 heteroatoms. The highest BCUT2D eigenvalue weighted by molar-refractivity contribution is 5.66. The number of aliphatic carboxylic acids is 1. The Morgan fingerprint density at radius 3 is 2.53 bits per heavy atom. The maximum absolute atomic E-state index is 10.1. The van der Waals surface area contributed by atoms with Gasteiger partial charge < -0.3 is 9.94 Å². The standard InChI is InChI=1S/C8H19N3O4/c1-3-10(4-2)11(14)9-15-7-5-6-8(12)13/h11,14H,3-7H2,1-2H3,(H,12,13). The molecule has 15 heavy (non-hydrogen) atoms. The first-order valence-corrected chi connectivity index (χ1v) is 4.97. The van der Waals surface area contributed by atoms with Crippen molar-refractivity contribution in [1.82, 2.24) is 5.01 Å². The molecule has 3 N–H and O–H groups in total. The van der Waals surface area contributed by atoms with Crippen LogP contribution in [0.2, 0.25) is 0 Å². The molecule has 0 aromatic rings. The summed E-state index contributed by atoms with van der Waals surface area (Å²) in [5.41, 5.74) is 3.47. The summed E-state index contributed by atoms with van der Waals surface area (Å²) in [5, 5.41) is 19.1. The van der Waals surface area contributed by atoms with Crippen LogP contribution in [-0.4, -0.2) is 41.0 Å². The van der Waals surface area contributed by atoms with Gasteiger partial charge in [0.15, 0.2) is 0 Å². The monoisotopic (exact) mass is 221 g/mol. The minimum atomic E-state index is -0.865. The maximum Gasteiger partial charge on any atom is 0.303 e. The molecule has 1 unspecified atom stereocenters. The van der Waals surface area contributed by atoms with Crippen molar-refractivity contribution in [2.45, 2.75) is 26.7 Å². The van der Waals surface area contributed by atoms with E-state index < -0.39 is 5.97 Å². The van der Waals surface area contributed by atoms with Gasteiger partial charge in [0.05, 0.1) is 0 Å². The van der Waals surface area contributed by atoms with Crippen molar-refractivity contribution in [3.63, 3.8) is 0 Å². The predicted octanol–water partition coefficient (Wildman–Crippen LogP) is -0.398. The molecule has 0 heterocycles. The van der Waals surface area contributed by atoms with E-state index in [1.54, 1.807) is 5.01 Å². The molecule has 1 atom stereocenters. The average Bonchev–Trinajstić information content (AvgIpc) is 2.18. The fourth-order valence-electron chi connectivity index (χ4n) is 0.956. The van der Waals surface area contributed by atoms with Crippen LogP contribution in [0.3, 0.4) is 0 Å². The smallest absolute Gasteiger partial charge is 0.303 e. The molecule has 0 aliphatic heterocycles. The number of carbonyl (C=O) groups is 1. The van der Waals surface area contributed by atoms with Gasteiger partial charge in [0.2, 0.25) is 0 Å². The third kappa shape index (κ3) is 7.23. The van der Waals surface area contributed by atoms with Gasteiger partial charge in [-0.15, -0.1) is 5.01 Å². The SMILES string of the molecule is CCN(CC)[NH+](O)[N-]OCCCC(=O)O. The zero-order chi connectivity index (χ0) is 11.7. The molecule has 90 valence electrons. The lowest BCUT2D eigenvalue weighted by Gasteiger charge is -2.31. The topological polar surface area (TPSA) is 88.5 Å². The number of quaternary nitrogens is 1. The molecule has 0 aliphatic rings. The van der Waals surface area contributed by atoms with Crippen molar-refractivity contribution in [3.8, 4) is 0 Å². The van der Waals surface area contributed by atoms with Crippen molar-refractivity contribution in [3.05, 3.63) is 5.59 Å². The molecule has 0 radical (unpaired) electrons. The van der Waals surface area contributed by atoms with Gasteiger partial charge >= 0.3 is 5.97 Å². The van der Waals surface area contributed by atoms with E-state index in [-0.39, 0.29) is 18.3 Å². The minimum absolute atomic E-state index is 0.0432. The number of hydrogen-bond acceptors (Lipinski definition) is 4. The molecule has 0 aromatic carbocycles. The van der Waals surface area contributed by atoms with Crippen LogP contribution in [0.1, 0.15) is 26.7 Å². The van der Waals surface area contributed by atoms with Crippen LogP contribution in [0, 0.1) is 0 Å². The van der Waals surface area contributed by atoms with Crippen LogP contribution in [0.4, 0.5) is 0 Å². The van der Waals surface area contributed by atoms with E-state index >= 15 is 0 Å². The molecule has 0 saturated heterocycles. The van der Waals surface area contributed by atoms with Crippen molar-refractivity contribution in [1.29, 1.82) is 0 Å². The summed E-state index contributed by atoms with van der Waals surface area (Å²) in [4.78, 5) is 14.9. The highest BCUT2D eigenvalue weighted by Crippen LogP contribution is 1.91. The lowest BCUT2D eigenvalue weighted by atomic mass is 10.3. The van der Waals surface area contributed by atoms with Crippen LogP contribution in [0.15, 0.2) is 0 Å². The second kappa shape index (κ2) is 8.57. The van der Waals surface area contributed by atoms with E-state index in [1.807, 2.05) is 13.8 Å². The first kappa shape index (κ1) is 14.3. The Morgan fingerprint density at radius 2 is 2.07 bits per heavy atom. The van der Waals surface area contributed by atoms with Crippen LogP contribution < -0.4 is 5.28 Å². The van der Waals surface area contributed by atoms with Crippen molar-refractivity contribution >= 4 is 5.97 Å². The number of carboxylic acids is 1. The second-order valence-electron chi connectivity index (χ2n) is 2.89. The van der Waals surface area contributed by atoms with Gasteiger partial charge in [-0.05, 0) is 20.3 Å². The fourth-order valence-corrected chi connectivity index (χ4v) is 0.956. The Labute approximate surface area is 89.1 Å². The molecule has 0 spiro atoms. The van der Waals surface area contributed by atoms with Gasteiger partial charge in [0.1, 0.15) is 0 Å². The summed E-state index contributed by atoms with van der Waals surface area (Å²) < 4.78 is 0. The lowest BCUT2D eigenvalue weighted by molar-refractivity contribution is -1.16. The molecule has 0 saturated carbocycles. The lowest BCUT2D eigenvalue weighted by Crippen LogP contribution is -3.12. The van der Waals surface area contributed by atoms with E-state index in [0.717, 1.165) is 0 Å². The van der Waals surface area contributed by atoms with Gasteiger partial charge in [0.25, 0.3) is 0 Å². The molecule has 0 rings (SSSR count). The first-order valence-electron chi connectivity index (χ1n) is 4.97. The van der Waals surface area contributed by atoms with E-state index in [2.05, 4.69) is 5.59 Å². The minimum Gasteiger partial charge on any atom is -0.481 e. The molecule has 0 amide bonds. The van der Waals surface area contributed by atoms with E-state index in [4.69, 9.17) is 9.94 Å². The Morgan fingerprint density at radius 1 is 1.47 bits per heavy atom. The molecule has 0 bridgehead atoms. The largest absolute Gasteiger partial charge is 0.481 e. The summed E-state index contributed by atoms with van der Waals surface area (Å²) in [6.45, 7) is 5.26. The third-order valence-electron chi connectivity index (χ3n) is 1.82. The Bertz CT molecular complexity index is 175. The zero-order valence-corrected chi connectivity index (χ0v) is 9.14. The predicted molar refractivity (Wildman–Crippen MR) is 51.9 cm³/mol. The Hall–Kier alpha value is -0.730. The summed E-state index contributed by atoms with van der Waals surface area (Å²) in [6, 6.07) is 0. The Kier molecular flexibility index (Phi) is 8.15. The van der Waals surface area contributed by atoms with Gasteiger partial charge in [-0.1, -0.05) is 0 Å². The molecular weight excluding hydrogens is 202 g/mol. The Balaban J connectivity index is 3.45. The van der Waals surface area contributed by atoms with Gasteiger partial charge in [-0.2, -0.15) is 5.28 Å². The maximum atomic E-state index is 10.1. The normalized spacial score (nSPS) is 13.1. The number of rotatable bonds is 9. The van der Waals surface area contributed by atoms with Crippen LogP contribution >= 0.6 is 0 Å². The van der Waals surface area contributed by atoms with Crippen molar-refractivity contribution in [2.24, 2.45) is 0 Å². The molecule has 0 fully saturated rings. The summed E-state index contributed by atoms with van der Waals surface area (Å²) in [6.07, 6.45) is 0.423. The molecule has 7 nitrogen and oxygen atoms in total. The van der Waals surface area contributed by atoms with Crippen molar-refractivity contribution < 1.29 is 25.2 Å². The quantitative estimate of drug-likeness (QED) is 0.364. The highest BCUT2D eigenvalue weighted by atomic mass is 16.8.